The minimum atomic E-state index is -0.869. The molecule has 21 heavy (non-hydrogen) atoms. The maximum absolute atomic E-state index is 12.7. The molecule has 0 unspecified atom stereocenters. The Morgan fingerprint density at radius 3 is 2.67 bits per heavy atom. The van der Waals surface area contributed by atoms with Crippen LogP contribution in [0.2, 0.25) is 0 Å². The second-order valence-corrected chi connectivity index (χ2v) is 5.17. The summed E-state index contributed by atoms with van der Waals surface area (Å²) in [5.74, 6) is 0.00841. The summed E-state index contributed by atoms with van der Waals surface area (Å²) in [5.41, 5.74) is -0.869. The van der Waals surface area contributed by atoms with E-state index in [4.69, 9.17) is 9.47 Å². The first-order chi connectivity index (χ1) is 10.1. The fourth-order valence-corrected chi connectivity index (χ4v) is 2.07. The molecule has 0 saturated carbocycles. The van der Waals surface area contributed by atoms with Crippen molar-refractivity contribution in [3.05, 3.63) is 30.1 Å². The minimum Gasteiger partial charge on any atom is -0.493 e. The Bertz CT molecular complexity index is 457. The lowest BCUT2D eigenvalue weighted by atomic mass is 9.94. The molecule has 0 bridgehead atoms. The molecule has 0 aromatic heterocycles. The molecule has 116 valence electrons. The third-order valence-electron chi connectivity index (χ3n) is 3.45. The van der Waals surface area contributed by atoms with Crippen molar-refractivity contribution in [3.63, 3.8) is 0 Å². The fraction of sp³-hybridized carbons (Fsp3) is 0.533. The van der Waals surface area contributed by atoms with Gasteiger partial charge in [-0.05, 0) is 24.3 Å². The molecular weight excluding hydrogens is 277 g/mol. The number of nitrogens with one attached hydrogen (secondary N) is 1. The molecule has 0 atom stereocenters. The van der Waals surface area contributed by atoms with Crippen molar-refractivity contribution >= 4 is 5.91 Å². The lowest BCUT2D eigenvalue weighted by Crippen LogP contribution is -2.46. The largest absolute Gasteiger partial charge is 0.493 e. The van der Waals surface area contributed by atoms with E-state index in [1.165, 1.54) is 24.3 Å². The van der Waals surface area contributed by atoms with Crippen LogP contribution in [-0.4, -0.2) is 43.0 Å². The number of rotatable bonds is 6. The molecule has 5 nitrogen and oxygen atoms in total. The third-order valence-corrected chi connectivity index (χ3v) is 3.45. The number of carbonyl (C=O) groups excluding carboxylic acids is 1. The molecule has 1 heterocycles. The maximum Gasteiger partial charge on any atom is 0.223 e. The lowest BCUT2D eigenvalue weighted by molar-refractivity contribution is -0.124. The summed E-state index contributed by atoms with van der Waals surface area (Å²) in [4.78, 5) is 11.7. The Morgan fingerprint density at radius 2 is 2.00 bits per heavy atom. The molecule has 1 aliphatic heterocycles. The molecule has 6 heteroatoms. The quantitative estimate of drug-likeness (QED) is 0.829. The van der Waals surface area contributed by atoms with Gasteiger partial charge in [0.1, 0.15) is 11.6 Å². The van der Waals surface area contributed by atoms with Crippen molar-refractivity contribution in [1.82, 2.24) is 5.32 Å². The van der Waals surface area contributed by atoms with Gasteiger partial charge in [0.25, 0.3) is 0 Å². The lowest BCUT2D eigenvalue weighted by Gasteiger charge is -2.32. The second kappa shape index (κ2) is 7.38. The predicted molar refractivity (Wildman–Crippen MR) is 74.5 cm³/mol. The first-order valence-electron chi connectivity index (χ1n) is 7.03. The molecule has 0 aliphatic carbocycles. The first kappa shape index (κ1) is 15.7. The van der Waals surface area contributed by atoms with E-state index in [1.807, 2.05) is 0 Å². The summed E-state index contributed by atoms with van der Waals surface area (Å²) < 4.78 is 23.2. The van der Waals surface area contributed by atoms with E-state index in [1.54, 1.807) is 0 Å². The van der Waals surface area contributed by atoms with Crippen molar-refractivity contribution in [3.8, 4) is 5.75 Å². The number of benzene rings is 1. The van der Waals surface area contributed by atoms with Crippen LogP contribution in [0.3, 0.4) is 0 Å². The van der Waals surface area contributed by atoms with Crippen molar-refractivity contribution in [2.75, 3.05) is 26.4 Å². The van der Waals surface area contributed by atoms with E-state index >= 15 is 0 Å². The Morgan fingerprint density at radius 1 is 1.33 bits per heavy atom. The summed E-state index contributed by atoms with van der Waals surface area (Å²) >= 11 is 0. The molecule has 2 rings (SSSR count). The van der Waals surface area contributed by atoms with Crippen LogP contribution >= 0.6 is 0 Å². The highest BCUT2D eigenvalue weighted by molar-refractivity contribution is 5.76. The SMILES string of the molecule is O=C(CCOc1ccc(F)cc1)NCC1(O)CCOCC1. The molecule has 1 fully saturated rings. The zero-order valence-corrected chi connectivity index (χ0v) is 11.8. The van der Waals surface area contributed by atoms with Gasteiger partial charge in [0.2, 0.25) is 5.91 Å². The molecule has 1 aromatic carbocycles. The zero-order valence-electron chi connectivity index (χ0n) is 11.8. The molecule has 2 N–H and O–H groups in total. The Kier molecular flexibility index (Phi) is 5.52. The Balaban J connectivity index is 1.64. The van der Waals surface area contributed by atoms with Gasteiger partial charge in [-0.15, -0.1) is 0 Å². The van der Waals surface area contributed by atoms with Gasteiger partial charge in [-0.2, -0.15) is 0 Å². The maximum atomic E-state index is 12.7. The number of carbonyl (C=O) groups is 1. The molecule has 1 aliphatic rings. The Hall–Kier alpha value is -1.66. The normalized spacial score (nSPS) is 17.2. The van der Waals surface area contributed by atoms with E-state index in [9.17, 15) is 14.3 Å². The van der Waals surface area contributed by atoms with E-state index in [2.05, 4.69) is 5.32 Å². The highest BCUT2D eigenvalue weighted by atomic mass is 19.1. The third kappa shape index (κ3) is 5.32. The highest BCUT2D eigenvalue weighted by Crippen LogP contribution is 2.19. The fourth-order valence-electron chi connectivity index (χ4n) is 2.07. The smallest absolute Gasteiger partial charge is 0.223 e. The van der Waals surface area contributed by atoms with Crippen LogP contribution in [0.25, 0.3) is 0 Å². The predicted octanol–water partition coefficient (Wildman–Crippen LogP) is 1.25. The van der Waals surface area contributed by atoms with Crippen LogP contribution in [0.4, 0.5) is 4.39 Å². The van der Waals surface area contributed by atoms with E-state index < -0.39 is 5.60 Å². The Labute approximate surface area is 123 Å². The van der Waals surface area contributed by atoms with Gasteiger partial charge in [0.05, 0.1) is 18.6 Å². The molecule has 1 aromatic rings. The molecular formula is C15H20FNO4. The number of hydrogen-bond acceptors (Lipinski definition) is 4. The van der Waals surface area contributed by atoms with Crippen LogP contribution in [0.15, 0.2) is 24.3 Å². The van der Waals surface area contributed by atoms with Gasteiger partial charge in [-0.25, -0.2) is 4.39 Å². The molecule has 1 amide bonds. The van der Waals surface area contributed by atoms with Crippen LogP contribution in [0.1, 0.15) is 19.3 Å². The van der Waals surface area contributed by atoms with Crippen LogP contribution in [0, 0.1) is 5.82 Å². The van der Waals surface area contributed by atoms with Crippen LogP contribution < -0.4 is 10.1 Å². The number of aliphatic hydroxyl groups is 1. The second-order valence-electron chi connectivity index (χ2n) is 5.17. The van der Waals surface area contributed by atoms with Gasteiger partial charge in [-0.1, -0.05) is 0 Å². The summed E-state index contributed by atoms with van der Waals surface area (Å²) in [5, 5.41) is 12.9. The van der Waals surface area contributed by atoms with Crippen LogP contribution in [-0.2, 0) is 9.53 Å². The number of halogens is 1. The van der Waals surface area contributed by atoms with E-state index in [0.717, 1.165) is 0 Å². The van der Waals surface area contributed by atoms with Crippen LogP contribution in [0.5, 0.6) is 5.75 Å². The van der Waals surface area contributed by atoms with Gasteiger partial charge in [0, 0.05) is 32.6 Å². The highest BCUT2D eigenvalue weighted by Gasteiger charge is 2.29. The van der Waals surface area contributed by atoms with Crippen molar-refractivity contribution in [2.45, 2.75) is 24.9 Å². The topological polar surface area (TPSA) is 67.8 Å². The number of ether oxygens (including phenoxy) is 2. The monoisotopic (exact) mass is 297 g/mol. The average molecular weight is 297 g/mol. The van der Waals surface area contributed by atoms with E-state index in [0.29, 0.717) is 31.8 Å². The van der Waals surface area contributed by atoms with E-state index in [-0.39, 0.29) is 31.3 Å². The molecule has 0 radical (unpaired) electrons. The first-order valence-corrected chi connectivity index (χ1v) is 7.03. The average Bonchev–Trinajstić information content (AvgIpc) is 2.48. The zero-order chi connectivity index (χ0) is 15.1. The summed E-state index contributed by atoms with van der Waals surface area (Å²) in [6.07, 6.45) is 1.24. The molecule has 0 spiro atoms. The van der Waals surface area contributed by atoms with Gasteiger partial charge >= 0.3 is 0 Å². The van der Waals surface area contributed by atoms with Gasteiger partial charge < -0.3 is 19.9 Å². The van der Waals surface area contributed by atoms with Crippen molar-refractivity contribution in [1.29, 1.82) is 0 Å². The van der Waals surface area contributed by atoms with Crippen molar-refractivity contribution in [2.24, 2.45) is 0 Å². The summed E-state index contributed by atoms with van der Waals surface area (Å²) in [7, 11) is 0. The molecule has 1 saturated heterocycles. The van der Waals surface area contributed by atoms with Gasteiger partial charge in [0.15, 0.2) is 0 Å². The number of amides is 1. The summed E-state index contributed by atoms with van der Waals surface area (Å²) in [6.45, 7) is 1.46. The summed E-state index contributed by atoms with van der Waals surface area (Å²) in [6, 6.07) is 5.63. The van der Waals surface area contributed by atoms with Crippen molar-refractivity contribution < 1.29 is 23.8 Å². The van der Waals surface area contributed by atoms with Gasteiger partial charge in [-0.3, -0.25) is 4.79 Å². The minimum absolute atomic E-state index is 0.183. The standard InChI is InChI=1S/C15H20FNO4/c16-12-1-3-13(4-2-12)21-8-5-14(18)17-11-15(19)6-9-20-10-7-15/h1-4,19H,5-11H2,(H,17,18). The number of hydrogen-bond donors (Lipinski definition) is 2.